The van der Waals surface area contributed by atoms with Crippen molar-refractivity contribution in [2.75, 3.05) is 13.2 Å². The molecule has 5 heteroatoms. The van der Waals surface area contributed by atoms with Gasteiger partial charge in [0.1, 0.15) is 5.84 Å². The Bertz CT molecular complexity index is 410. The van der Waals surface area contributed by atoms with Crippen LogP contribution < -0.4 is 0 Å². The van der Waals surface area contributed by atoms with E-state index < -0.39 is 0 Å². The van der Waals surface area contributed by atoms with Crippen molar-refractivity contribution in [3.05, 3.63) is 0 Å². The van der Waals surface area contributed by atoms with Crippen LogP contribution in [0.3, 0.4) is 0 Å². The van der Waals surface area contributed by atoms with Crippen molar-refractivity contribution in [1.82, 2.24) is 4.81 Å². The molecule has 2 fully saturated rings. The molecule has 3 rings (SSSR count). The number of hydrogen-bond donors (Lipinski definition) is 1. The molecule has 1 N–H and O–H groups in total. The summed E-state index contributed by atoms with van der Waals surface area (Å²) in [5.74, 6) is 3.12. The van der Waals surface area contributed by atoms with Crippen LogP contribution in [0.4, 0.5) is 0 Å². The molecule has 121 valence electrons. The molecule has 0 amide bonds. The third-order valence-corrected chi connectivity index (χ3v) is 5.29. The summed E-state index contributed by atoms with van der Waals surface area (Å²) in [5, 5.41) is 9.32. The molecule has 2 aliphatic carbocycles. The maximum Gasteiger partial charge on any atom is 0.253 e. The molecule has 1 heterocycles. The lowest BCUT2D eigenvalue weighted by atomic mass is 9.66. The number of amidine groups is 1. The van der Waals surface area contributed by atoms with E-state index in [2.05, 4.69) is 12.2 Å². The molecule has 0 saturated heterocycles. The van der Waals surface area contributed by atoms with Gasteiger partial charge in [-0.25, -0.2) is 0 Å². The Morgan fingerprint density at radius 1 is 0.909 bits per heavy atom. The van der Waals surface area contributed by atoms with Gasteiger partial charge in [-0.05, 0) is 18.7 Å². The Morgan fingerprint density at radius 2 is 1.50 bits per heavy atom. The summed E-state index contributed by atoms with van der Waals surface area (Å²) in [7, 11) is 2.28. The monoisotopic (exact) mass is 302 g/mol. The maximum atomic E-state index is 9.32. The first-order valence-corrected chi connectivity index (χ1v) is 9.26. The summed E-state index contributed by atoms with van der Waals surface area (Å²) in [6, 6.07) is 0. The van der Waals surface area contributed by atoms with Crippen LogP contribution in [0.25, 0.3) is 0 Å². The largest absolute Gasteiger partial charge is 0.395 e. The number of hydrogen-bond acceptors (Lipinski definition) is 4. The van der Waals surface area contributed by atoms with Gasteiger partial charge in [0.05, 0.1) is 6.61 Å². The number of rotatable bonds is 5. The second kappa shape index (κ2) is 8.14. The van der Waals surface area contributed by atoms with E-state index in [9.17, 15) is 5.11 Å². The summed E-state index contributed by atoms with van der Waals surface area (Å²) in [6.07, 6.45) is 14.5. The van der Waals surface area contributed by atoms with Crippen LogP contribution in [0.15, 0.2) is 9.98 Å². The van der Waals surface area contributed by atoms with Crippen molar-refractivity contribution in [2.24, 2.45) is 15.9 Å². The van der Waals surface area contributed by atoms with Crippen LogP contribution in [-0.2, 0) is 0 Å². The topological polar surface area (TPSA) is 48.2 Å². The highest BCUT2D eigenvalue weighted by atomic mass is 16.3. The third-order valence-electron chi connectivity index (χ3n) is 5.29. The zero-order valence-electron chi connectivity index (χ0n) is 13.7. The lowest BCUT2D eigenvalue weighted by Gasteiger charge is -2.32. The van der Waals surface area contributed by atoms with Crippen molar-refractivity contribution < 1.29 is 5.11 Å². The molecule has 0 aromatic heterocycles. The highest BCUT2D eigenvalue weighted by Crippen LogP contribution is 2.30. The average Bonchev–Trinajstić information content (AvgIpc) is 2.76. The van der Waals surface area contributed by atoms with Crippen molar-refractivity contribution >= 4 is 19.2 Å². The van der Waals surface area contributed by atoms with Crippen LogP contribution in [0.2, 0.25) is 5.82 Å². The zero-order valence-corrected chi connectivity index (χ0v) is 13.7. The van der Waals surface area contributed by atoms with E-state index in [0.717, 1.165) is 11.8 Å². The van der Waals surface area contributed by atoms with Crippen LogP contribution >= 0.6 is 0 Å². The van der Waals surface area contributed by atoms with Gasteiger partial charge >= 0.3 is 0 Å². The number of guanidine groups is 1. The average molecular weight is 302 g/mol. The third kappa shape index (κ3) is 4.12. The predicted molar refractivity (Wildman–Crippen MR) is 92.4 cm³/mol. The molecular formula is C17H29BN3O. The van der Waals surface area contributed by atoms with E-state index >= 15 is 0 Å². The summed E-state index contributed by atoms with van der Waals surface area (Å²) in [6.45, 7) is 0.785. The molecular weight excluding hydrogens is 273 g/mol. The zero-order chi connectivity index (χ0) is 15.2. The molecule has 0 aromatic carbocycles. The van der Waals surface area contributed by atoms with Crippen molar-refractivity contribution in [1.29, 1.82) is 0 Å². The van der Waals surface area contributed by atoms with E-state index in [4.69, 9.17) is 9.98 Å². The van der Waals surface area contributed by atoms with Crippen molar-refractivity contribution in [3.8, 4) is 0 Å². The number of nitrogens with zero attached hydrogens (tertiary/aromatic N) is 3. The minimum absolute atomic E-state index is 0.163. The fourth-order valence-electron chi connectivity index (χ4n) is 3.95. The first-order valence-electron chi connectivity index (χ1n) is 9.26. The molecule has 22 heavy (non-hydrogen) atoms. The number of aliphatic hydroxyl groups is 1. The summed E-state index contributed by atoms with van der Waals surface area (Å²) >= 11 is 0. The SMILES string of the molecule is OCCN([B]C1CCCCC1)C1=NC(C2CCCCCC2)=N1. The second-order valence-electron chi connectivity index (χ2n) is 7.03. The standard InChI is InChI=1S/C17H29BN3O/c22-13-12-21(18-15-10-6-3-7-11-15)17-19-16(20-17)14-8-4-1-2-5-9-14/h14-15,22H,1-13H2. The predicted octanol–water partition coefficient (Wildman–Crippen LogP) is 3.39. The first-order chi connectivity index (χ1) is 10.9. The summed E-state index contributed by atoms with van der Waals surface area (Å²) in [4.78, 5) is 11.5. The smallest absolute Gasteiger partial charge is 0.253 e. The molecule has 0 atom stereocenters. The molecule has 0 unspecified atom stereocenters. The van der Waals surface area contributed by atoms with Gasteiger partial charge in [-0.15, -0.1) is 0 Å². The quantitative estimate of drug-likeness (QED) is 0.625. The van der Waals surface area contributed by atoms with Crippen molar-refractivity contribution in [3.63, 3.8) is 0 Å². The highest BCUT2D eigenvalue weighted by Gasteiger charge is 2.28. The Kier molecular flexibility index (Phi) is 5.93. The lowest BCUT2D eigenvalue weighted by molar-refractivity contribution is 0.278. The van der Waals surface area contributed by atoms with Crippen LogP contribution in [0, 0.1) is 5.92 Å². The first kappa shape index (κ1) is 16.0. The summed E-state index contributed by atoms with van der Waals surface area (Å²) < 4.78 is 0. The van der Waals surface area contributed by atoms with Crippen LogP contribution in [0.1, 0.15) is 70.6 Å². The van der Waals surface area contributed by atoms with Gasteiger partial charge in [0, 0.05) is 12.5 Å². The molecule has 0 spiro atoms. The molecule has 1 radical (unpaired) electrons. The van der Waals surface area contributed by atoms with E-state index in [1.807, 2.05) is 0 Å². The van der Waals surface area contributed by atoms with E-state index in [-0.39, 0.29) is 6.61 Å². The Labute approximate surface area is 135 Å². The van der Waals surface area contributed by atoms with Gasteiger partial charge in [0.25, 0.3) is 7.41 Å². The Morgan fingerprint density at radius 3 is 2.14 bits per heavy atom. The Hall–Kier alpha value is -0.835. The summed E-state index contributed by atoms with van der Waals surface area (Å²) in [5.41, 5.74) is 0. The minimum atomic E-state index is 0.163. The molecule has 4 nitrogen and oxygen atoms in total. The van der Waals surface area contributed by atoms with Gasteiger partial charge in [-0.2, -0.15) is 9.98 Å². The van der Waals surface area contributed by atoms with Gasteiger partial charge in [-0.1, -0.05) is 57.8 Å². The number of aliphatic hydroxyl groups excluding tert-OH is 1. The lowest BCUT2D eigenvalue weighted by Crippen LogP contribution is -2.42. The molecule has 2 saturated carbocycles. The van der Waals surface area contributed by atoms with Crippen LogP contribution in [0.5, 0.6) is 0 Å². The van der Waals surface area contributed by atoms with E-state index in [0.29, 0.717) is 18.3 Å². The fraction of sp³-hybridized carbons (Fsp3) is 0.882. The van der Waals surface area contributed by atoms with Gasteiger partial charge in [-0.3, -0.25) is 0 Å². The van der Waals surface area contributed by atoms with Gasteiger partial charge in [0.2, 0.25) is 5.96 Å². The maximum absolute atomic E-state index is 9.32. The second-order valence-corrected chi connectivity index (χ2v) is 7.03. The van der Waals surface area contributed by atoms with E-state index in [1.165, 1.54) is 70.6 Å². The highest BCUT2D eigenvalue weighted by molar-refractivity contribution is 6.40. The van der Waals surface area contributed by atoms with E-state index in [1.54, 1.807) is 0 Å². The molecule has 1 aliphatic heterocycles. The normalized spacial score (nSPS) is 24.0. The van der Waals surface area contributed by atoms with Crippen molar-refractivity contribution in [2.45, 2.75) is 76.4 Å². The fourth-order valence-corrected chi connectivity index (χ4v) is 3.95. The van der Waals surface area contributed by atoms with Gasteiger partial charge < -0.3 is 9.92 Å². The molecule has 0 bridgehead atoms. The molecule has 3 aliphatic rings. The Balaban J connectivity index is 1.53. The van der Waals surface area contributed by atoms with Crippen LogP contribution in [-0.4, -0.2) is 42.3 Å². The minimum Gasteiger partial charge on any atom is -0.395 e. The number of aliphatic imine (C=N–C) groups is 2. The van der Waals surface area contributed by atoms with Gasteiger partial charge in [0.15, 0.2) is 0 Å². The molecule has 0 aromatic rings.